The lowest BCUT2D eigenvalue weighted by Gasteiger charge is -2.14. The molecule has 4 heteroatoms. The molecule has 0 radical (unpaired) electrons. The summed E-state index contributed by atoms with van der Waals surface area (Å²) in [4.78, 5) is 4.36. The smallest absolute Gasteiger partial charge is 0.119 e. The monoisotopic (exact) mass is 259 g/mol. The van der Waals surface area contributed by atoms with Gasteiger partial charge in [-0.2, -0.15) is 0 Å². The average molecular weight is 259 g/mol. The van der Waals surface area contributed by atoms with Crippen molar-refractivity contribution in [1.29, 1.82) is 0 Å². The van der Waals surface area contributed by atoms with Gasteiger partial charge in [0, 0.05) is 31.4 Å². The Morgan fingerprint density at radius 2 is 2.11 bits per heavy atom. The molecular weight excluding hydrogens is 238 g/mol. The molecule has 0 spiro atoms. The van der Waals surface area contributed by atoms with Crippen LogP contribution in [0.2, 0.25) is 0 Å². The third-order valence-corrected chi connectivity index (χ3v) is 2.92. The molecule has 19 heavy (non-hydrogen) atoms. The van der Waals surface area contributed by atoms with Gasteiger partial charge in [0.1, 0.15) is 18.2 Å². The predicted molar refractivity (Wildman–Crippen MR) is 76.1 cm³/mol. The van der Waals surface area contributed by atoms with Crippen LogP contribution in [-0.2, 0) is 13.0 Å². The van der Waals surface area contributed by atoms with E-state index in [4.69, 9.17) is 10.5 Å². The minimum Gasteiger partial charge on any atom is -0.492 e. The number of para-hydroxylation sites is 1. The number of imidazole rings is 1. The highest BCUT2D eigenvalue weighted by atomic mass is 16.5. The van der Waals surface area contributed by atoms with Gasteiger partial charge in [0.2, 0.25) is 0 Å². The van der Waals surface area contributed by atoms with Gasteiger partial charge in [-0.1, -0.05) is 25.1 Å². The van der Waals surface area contributed by atoms with Gasteiger partial charge >= 0.3 is 0 Å². The highest BCUT2D eigenvalue weighted by molar-refractivity contribution is 5.20. The molecule has 2 N–H and O–H groups in total. The number of aromatic nitrogens is 2. The standard InChI is InChI=1S/C15H21N3O/c1-2-9-18-10-8-17-15(18)11-13(16)12-19-14-6-4-3-5-7-14/h3-8,10,13H,2,9,11-12,16H2,1H3. The van der Waals surface area contributed by atoms with Gasteiger partial charge in [-0.25, -0.2) is 4.98 Å². The van der Waals surface area contributed by atoms with Crippen molar-refractivity contribution >= 4 is 0 Å². The maximum absolute atomic E-state index is 6.10. The molecule has 0 aliphatic heterocycles. The largest absolute Gasteiger partial charge is 0.492 e. The summed E-state index contributed by atoms with van der Waals surface area (Å²) in [5.74, 6) is 1.89. The molecule has 0 saturated carbocycles. The average Bonchev–Trinajstić information content (AvgIpc) is 2.85. The van der Waals surface area contributed by atoms with Gasteiger partial charge < -0.3 is 15.0 Å². The molecule has 1 atom stereocenters. The lowest BCUT2D eigenvalue weighted by Crippen LogP contribution is -2.31. The van der Waals surface area contributed by atoms with Gasteiger partial charge in [-0.3, -0.25) is 0 Å². The molecule has 2 rings (SSSR count). The Balaban J connectivity index is 1.84. The molecule has 0 fully saturated rings. The van der Waals surface area contributed by atoms with Crippen LogP contribution in [0, 0.1) is 0 Å². The minimum atomic E-state index is -0.0433. The van der Waals surface area contributed by atoms with Crippen molar-refractivity contribution in [1.82, 2.24) is 9.55 Å². The number of nitrogens with zero attached hydrogens (tertiary/aromatic N) is 2. The molecule has 0 bridgehead atoms. The molecular formula is C15H21N3O. The van der Waals surface area contributed by atoms with Crippen molar-refractivity contribution < 1.29 is 4.74 Å². The topological polar surface area (TPSA) is 53.1 Å². The maximum atomic E-state index is 6.10. The maximum Gasteiger partial charge on any atom is 0.119 e. The van der Waals surface area contributed by atoms with E-state index in [1.54, 1.807) is 0 Å². The fraction of sp³-hybridized carbons (Fsp3) is 0.400. The van der Waals surface area contributed by atoms with Crippen LogP contribution in [0.25, 0.3) is 0 Å². The molecule has 0 saturated heterocycles. The zero-order valence-electron chi connectivity index (χ0n) is 11.3. The van der Waals surface area contributed by atoms with Crippen molar-refractivity contribution in [3.63, 3.8) is 0 Å². The van der Waals surface area contributed by atoms with Crippen molar-refractivity contribution in [2.24, 2.45) is 5.73 Å². The van der Waals surface area contributed by atoms with E-state index in [1.165, 1.54) is 0 Å². The summed E-state index contributed by atoms with van der Waals surface area (Å²) in [7, 11) is 0. The molecule has 0 aliphatic carbocycles. The van der Waals surface area contributed by atoms with Crippen molar-refractivity contribution in [3.05, 3.63) is 48.5 Å². The number of benzene rings is 1. The van der Waals surface area contributed by atoms with Crippen LogP contribution >= 0.6 is 0 Å². The minimum absolute atomic E-state index is 0.0433. The van der Waals surface area contributed by atoms with Crippen molar-refractivity contribution in [3.8, 4) is 5.75 Å². The SMILES string of the molecule is CCCn1ccnc1CC(N)COc1ccccc1. The fourth-order valence-electron chi connectivity index (χ4n) is 1.99. The summed E-state index contributed by atoms with van der Waals surface area (Å²) in [6.07, 6.45) is 5.66. The van der Waals surface area contributed by atoms with Crippen molar-refractivity contribution in [2.45, 2.75) is 32.4 Å². The molecule has 1 aromatic heterocycles. The number of ether oxygens (including phenoxy) is 1. The zero-order chi connectivity index (χ0) is 13.5. The number of aryl methyl sites for hydroxylation is 1. The van der Waals surface area contributed by atoms with E-state index in [1.807, 2.05) is 42.7 Å². The van der Waals surface area contributed by atoms with E-state index < -0.39 is 0 Å². The van der Waals surface area contributed by atoms with E-state index in [-0.39, 0.29) is 6.04 Å². The molecule has 1 heterocycles. The quantitative estimate of drug-likeness (QED) is 0.829. The van der Waals surface area contributed by atoms with E-state index >= 15 is 0 Å². The Morgan fingerprint density at radius 3 is 2.84 bits per heavy atom. The molecule has 1 unspecified atom stereocenters. The van der Waals surface area contributed by atoms with Gasteiger partial charge in [0.25, 0.3) is 0 Å². The molecule has 1 aromatic carbocycles. The van der Waals surface area contributed by atoms with Crippen LogP contribution in [-0.4, -0.2) is 22.2 Å². The zero-order valence-corrected chi connectivity index (χ0v) is 11.3. The van der Waals surface area contributed by atoms with Crippen LogP contribution in [0.1, 0.15) is 19.2 Å². The van der Waals surface area contributed by atoms with Crippen molar-refractivity contribution in [2.75, 3.05) is 6.61 Å². The number of rotatable bonds is 7. The highest BCUT2D eigenvalue weighted by Gasteiger charge is 2.09. The van der Waals surface area contributed by atoms with Gasteiger partial charge in [-0.15, -0.1) is 0 Å². The van der Waals surface area contributed by atoms with E-state index in [0.717, 1.165) is 31.0 Å². The Hall–Kier alpha value is -1.81. The van der Waals surface area contributed by atoms with Crippen LogP contribution in [0.3, 0.4) is 0 Å². The summed E-state index contributed by atoms with van der Waals surface area (Å²) in [5, 5.41) is 0. The lowest BCUT2D eigenvalue weighted by molar-refractivity contribution is 0.285. The first-order valence-corrected chi connectivity index (χ1v) is 6.73. The molecule has 0 aliphatic rings. The molecule has 2 aromatic rings. The van der Waals surface area contributed by atoms with Gasteiger partial charge in [0.05, 0.1) is 0 Å². The molecule has 4 nitrogen and oxygen atoms in total. The third-order valence-electron chi connectivity index (χ3n) is 2.92. The predicted octanol–water partition coefficient (Wildman–Crippen LogP) is 2.24. The van der Waals surface area contributed by atoms with E-state index in [0.29, 0.717) is 6.61 Å². The fourth-order valence-corrected chi connectivity index (χ4v) is 1.99. The summed E-state index contributed by atoms with van der Waals surface area (Å²) in [5.41, 5.74) is 6.10. The van der Waals surface area contributed by atoms with Crippen LogP contribution in [0.5, 0.6) is 5.75 Å². The Bertz CT molecular complexity index is 481. The van der Waals surface area contributed by atoms with E-state index in [9.17, 15) is 0 Å². The first kappa shape index (κ1) is 13.6. The van der Waals surface area contributed by atoms with Gasteiger partial charge in [0.15, 0.2) is 0 Å². The highest BCUT2D eigenvalue weighted by Crippen LogP contribution is 2.09. The second-order valence-corrected chi connectivity index (χ2v) is 4.63. The summed E-state index contributed by atoms with van der Waals surface area (Å²) in [6.45, 7) is 3.65. The first-order valence-electron chi connectivity index (χ1n) is 6.73. The third kappa shape index (κ3) is 4.10. The van der Waals surface area contributed by atoms with Crippen LogP contribution < -0.4 is 10.5 Å². The van der Waals surface area contributed by atoms with E-state index in [2.05, 4.69) is 16.5 Å². The Labute approximate surface area is 114 Å². The second-order valence-electron chi connectivity index (χ2n) is 4.63. The second kappa shape index (κ2) is 6.95. The number of hydrogen-bond acceptors (Lipinski definition) is 3. The van der Waals surface area contributed by atoms with Gasteiger partial charge in [-0.05, 0) is 18.6 Å². The van der Waals surface area contributed by atoms with Crippen LogP contribution in [0.15, 0.2) is 42.7 Å². The summed E-state index contributed by atoms with van der Waals surface area (Å²) in [6, 6.07) is 9.70. The normalized spacial score (nSPS) is 12.3. The number of hydrogen-bond donors (Lipinski definition) is 1. The Kier molecular flexibility index (Phi) is 4.98. The first-order chi connectivity index (χ1) is 9.29. The molecule has 102 valence electrons. The summed E-state index contributed by atoms with van der Waals surface area (Å²) < 4.78 is 7.81. The summed E-state index contributed by atoms with van der Waals surface area (Å²) >= 11 is 0. The molecule has 0 amide bonds. The Morgan fingerprint density at radius 1 is 1.32 bits per heavy atom. The lowest BCUT2D eigenvalue weighted by atomic mass is 10.2. The number of nitrogens with two attached hydrogens (primary N) is 1. The van der Waals surface area contributed by atoms with Crippen LogP contribution in [0.4, 0.5) is 0 Å².